The normalized spacial score (nSPS) is 16.2. The number of rotatable bonds is 5. The van der Waals surface area contributed by atoms with Crippen LogP contribution >= 0.6 is 0 Å². The Morgan fingerprint density at radius 3 is 2.36 bits per heavy atom. The van der Waals surface area contributed by atoms with E-state index in [1.54, 1.807) is 0 Å². The molecule has 152 valence electrons. The molecule has 0 saturated carbocycles. The van der Waals surface area contributed by atoms with Gasteiger partial charge in [0.25, 0.3) is 0 Å². The highest BCUT2D eigenvalue weighted by atomic mass is 16.5. The molecule has 0 N–H and O–H groups in total. The van der Waals surface area contributed by atoms with Gasteiger partial charge >= 0.3 is 5.97 Å². The van der Waals surface area contributed by atoms with Crippen LogP contribution < -0.4 is 0 Å². The summed E-state index contributed by atoms with van der Waals surface area (Å²) in [5.74, 6) is -0.238. The first-order valence-corrected chi connectivity index (χ1v) is 10.0. The van der Waals surface area contributed by atoms with Gasteiger partial charge in [0, 0.05) is 55.9 Å². The summed E-state index contributed by atoms with van der Waals surface area (Å²) in [6.45, 7) is 11.9. The predicted molar refractivity (Wildman–Crippen MR) is 110 cm³/mol. The molecule has 6 nitrogen and oxygen atoms in total. The molecule has 1 aliphatic heterocycles. The fraction of sp³-hybridized carbons (Fsp3) is 0.545. The van der Waals surface area contributed by atoms with Gasteiger partial charge in [-0.25, -0.2) is 4.79 Å². The van der Waals surface area contributed by atoms with Crippen molar-refractivity contribution in [2.45, 2.75) is 40.3 Å². The first-order chi connectivity index (χ1) is 13.4. The van der Waals surface area contributed by atoms with E-state index in [-0.39, 0.29) is 5.97 Å². The van der Waals surface area contributed by atoms with Crippen LogP contribution in [0.2, 0.25) is 0 Å². The van der Waals surface area contributed by atoms with Crippen molar-refractivity contribution in [2.24, 2.45) is 7.05 Å². The van der Waals surface area contributed by atoms with Crippen LogP contribution in [0.1, 0.15) is 45.1 Å². The second-order valence-electron chi connectivity index (χ2n) is 7.75. The quantitative estimate of drug-likeness (QED) is 0.742. The third-order valence-electron chi connectivity index (χ3n) is 5.89. The summed E-state index contributed by atoms with van der Waals surface area (Å²) in [5, 5.41) is 0. The summed E-state index contributed by atoms with van der Waals surface area (Å²) >= 11 is 0. The molecule has 1 saturated heterocycles. The molecule has 1 fully saturated rings. The second-order valence-corrected chi connectivity index (χ2v) is 7.75. The summed E-state index contributed by atoms with van der Waals surface area (Å²) in [6.07, 6.45) is 1.12. The van der Waals surface area contributed by atoms with Crippen molar-refractivity contribution < 1.29 is 9.53 Å². The molecular weight excluding hydrogens is 352 g/mol. The smallest absolute Gasteiger partial charge is 0.340 e. The Bertz CT molecular complexity index is 843. The fourth-order valence-electron chi connectivity index (χ4n) is 4.07. The number of hydrogen-bond donors (Lipinski definition) is 0. The molecule has 28 heavy (non-hydrogen) atoms. The maximum absolute atomic E-state index is 12.3. The lowest BCUT2D eigenvalue weighted by molar-refractivity contribution is 0.0597. The largest absolute Gasteiger partial charge is 0.465 e. The zero-order chi connectivity index (χ0) is 20.3. The Balaban J connectivity index is 1.68. The van der Waals surface area contributed by atoms with E-state index < -0.39 is 0 Å². The van der Waals surface area contributed by atoms with Gasteiger partial charge < -0.3 is 9.30 Å². The molecular formula is C22H32N4O2. The van der Waals surface area contributed by atoms with Crippen LogP contribution in [0.25, 0.3) is 0 Å². The van der Waals surface area contributed by atoms with Crippen molar-refractivity contribution in [3.63, 3.8) is 0 Å². The first kappa shape index (κ1) is 20.6. The molecule has 0 bridgehead atoms. The van der Waals surface area contributed by atoms with Crippen LogP contribution in [0.3, 0.4) is 0 Å². The number of ether oxygens (including phenoxy) is 1. The Labute approximate surface area is 168 Å². The van der Waals surface area contributed by atoms with E-state index in [0.29, 0.717) is 0 Å². The van der Waals surface area contributed by atoms with Crippen molar-refractivity contribution in [2.75, 3.05) is 33.3 Å². The molecule has 0 aromatic carbocycles. The summed E-state index contributed by atoms with van der Waals surface area (Å²) in [4.78, 5) is 21.9. The summed E-state index contributed by atoms with van der Waals surface area (Å²) < 4.78 is 7.14. The third kappa shape index (κ3) is 4.45. The number of carbonyl (C=O) groups is 1. The Kier molecular flexibility index (Phi) is 6.52. The highest BCUT2D eigenvalue weighted by Crippen LogP contribution is 2.24. The van der Waals surface area contributed by atoms with Crippen LogP contribution in [0, 0.1) is 20.8 Å². The molecule has 3 rings (SSSR count). The van der Waals surface area contributed by atoms with Gasteiger partial charge in [0.1, 0.15) is 0 Å². The second kappa shape index (κ2) is 8.88. The molecule has 2 aromatic rings. The molecule has 1 aliphatic rings. The molecule has 6 heteroatoms. The van der Waals surface area contributed by atoms with Crippen molar-refractivity contribution >= 4 is 5.97 Å². The van der Waals surface area contributed by atoms with Crippen molar-refractivity contribution in [3.8, 4) is 0 Å². The van der Waals surface area contributed by atoms with Crippen molar-refractivity contribution in [1.82, 2.24) is 19.4 Å². The van der Waals surface area contributed by atoms with Crippen LogP contribution in [0.15, 0.2) is 18.2 Å². The Morgan fingerprint density at radius 2 is 1.71 bits per heavy atom. The molecule has 0 spiro atoms. The van der Waals surface area contributed by atoms with Crippen LogP contribution in [-0.2, 0) is 24.9 Å². The van der Waals surface area contributed by atoms with Crippen LogP contribution in [0.4, 0.5) is 0 Å². The zero-order valence-electron chi connectivity index (χ0n) is 17.8. The maximum atomic E-state index is 12.3. The van der Waals surface area contributed by atoms with E-state index in [4.69, 9.17) is 4.74 Å². The first-order valence-electron chi connectivity index (χ1n) is 10.0. The monoisotopic (exact) mass is 384 g/mol. The van der Waals surface area contributed by atoms with E-state index >= 15 is 0 Å². The van der Waals surface area contributed by atoms with Gasteiger partial charge in [0.15, 0.2) is 0 Å². The average Bonchev–Trinajstić information content (AvgIpc) is 2.83. The number of aromatic nitrogens is 2. The molecule has 2 aromatic heterocycles. The standard InChI is InChI=1S/C22H32N4O2/c1-16-8-6-9-19(23-16)14-25-10-7-11-26(13-12-25)15-20-17(2)24(4)18(3)21(20)22(27)28-5/h6,8-9H,7,10-15H2,1-5H3. The predicted octanol–water partition coefficient (Wildman–Crippen LogP) is 2.84. The van der Waals surface area contributed by atoms with Gasteiger partial charge in [-0.15, -0.1) is 0 Å². The average molecular weight is 385 g/mol. The van der Waals surface area contributed by atoms with E-state index in [1.165, 1.54) is 7.11 Å². The minimum Gasteiger partial charge on any atom is -0.465 e. The Hall–Kier alpha value is -2.18. The van der Waals surface area contributed by atoms with E-state index in [1.807, 2.05) is 27.0 Å². The zero-order valence-corrected chi connectivity index (χ0v) is 17.8. The minimum absolute atomic E-state index is 0.238. The number of esters is 1. The van der Waals surface area contributed by atoms with E-state index in [0.717, 1.165) is 79.6 Å². The van der Waals surface area contributed by atoms with Gasteiger partial charge in [-0.1, -0.05) is 6.07 Å². The van der Waals surface area contributed by atoms with Crippen molar-refractivity contribution in [1.29, 1.82) is 0 Å². The lowest BCUT2D eigenvalue weighted by atomic mass is 10.1. The van der Waals surface area contributed by atoms with Gasteiger partial charge in [-0.3, -0.25) is 14.8 Å². The minimum atomic E-state index is -0.238. The number of nitrogens with zero attached hydrogens (tertiary/aromatic N) is 4. The number of hydrogen-bond acceptors (Lipinski definition) is 5. The van der Waals surface area contributed by atoms with Gasteiger partial charge in [0.05, 0.1) is 18.4 Å². The topological polar surface area (TPSA) is 50.6 Å². The molecule has 3 heterocycles. The van der Waals surface area contributed by atoms with Crippen LogP contribution in [0.5, 0.6) is 0 Å². The van der Waals surface area contributed by atoms with E-state index in [2.05, 4.69) is 38.4 Å². The molecule has 0 radical (unpaired) electrons. The van der Waals surface area contributed by atoms with Gasteiger partial charge in [-0.05, 0) is 52.4 Å². The fourth-order valence-corrected chi connectivity index (χ4v) is 4.07. The molecule has 0 atom stereocenters. The lowest BCUT2D eigenvalue weighted by Gasteiger charge is -2.22. The SMILES string of the molecule is COC(=O)c1c(CN2CCCN(Cc3cccc(C)n3)CC2)c(C)n(C)c1C. The lowest BCUT2D eigenvalue weighted by Crippen LogP contribution is -2.31. The number of carbonyl (C=O) groups excluding carboxylic acids is 1. The number of pyridine rings is 1. The third-order valence-corrected chi connectivity index (χ3v) is 5.89. The molecule has 0 amide bonds. The van der Waals surface area contributed by atoms with Gasteiger partial charge in [-0.2, -0.15) is 0 Å². The molecule has 0 unspecified atom stereocenters. The van der Waals surface area contributed by atoms with Crippen LogP contribution in [-0.4, -0.2) is 58.6 Å². The summed E-state index contributed by atoms with van der Waals surface area (Å²) in [7, 11) is 3.47. The molecule has 0 aliphatic carbocycles. The highest BCUT2D eigenvalue weighted by molar-refractivity contribution is 5.93. The maximum Gasteiger partial charge on any atom is 0.340 e. The summed E-state index contributed by atoms with van der Waals surface area (Å²) in [6, 6.07) is 6.22. The van der Waals surface area contributed by atoms with E-state index in [9.17, 15) is 4.79 Å². The van der Waals surface area contributed by atoms with Gasteiger partial charge in [0.2, 0.25) is 0 Å². The summed E-state index contributed by atoms with van der Waals surface area (Å²) in [5.41, 5.74) is 6.15. The van der Waals surface area contributed by atoms with Crippen molar-refractivity contribution in [3.05, 3.63) is 52.1 Å². The number of methoxy groups -OCH3 is 1. The number of aryl methyl sites for hydroxylation is 1. The highest BCUT2D eigenvalue weighted by Gasteiger charge is 2.25. The Morgan fingerprint density at radius 1 is 1.04 bits per heavy atom.